The van der Waals surface area contributed by atoms with Crippen molar-refractivity contribution in [3.05, 3.63) is 40.9 Å². The Labute approximate surface area is 146 Å². The lowest BCUT2D eigenvalue weighted by molar-refractivity contribution is 0.268. The molecule has 0 saturated heterocycles. The summed E-state index contributed by atoms with van der Waals surface area (Å²) in [4.78, 5) is 17.7. The van der Waals surface area contributed by atoms with E-state index in [0.29, 0.717) is 5.25 Å². The summed E-state index contributed by atoms with van der Waals surface area (Å²) in [6, 6.07) is 8.10. The molecule has 0 fully saturated rings. The van der Waals surface area contributed by atoms with Crippen LogP contribution in [0, 0.1) is 0 Å². The maximum absolute atomic E-state index is 11.3. The number of carbonyl (C=O) groups excluding carboxylic acids is 1. The van der Waals surface area contributed by atoms with E-state index in [4.69, 9.17) is 11.6 Å². The predicted octanol–water partition coefficient (Wildman–Crippen LogP) is 4.91. The highest BCUT2D eigenvalue weighted by molar-refractivity contribution is 8.15. The number of nitrogens with zero attached hydrogens (tertiary/aromatic N) is 2. The number of carbonyl (C=O) groups is 1. The second kappa shape index (κ2) is 7.65. The van der Waals surface area contributed by atoms with Crippen molar-refractivity contribution in [1.29, 1.82) is 0 Å². The SMILES string of the molecule is CC1=NC(=O)SC1CCCN1CC=C(c2ccc(Cl)cc2)CC1. The van der Waals surface area contributed by atoms with E-state index in [0.717, 1.165) is 49.6 Å². The molecule has 3 rings (SSSR count). The third-order valence-corrected chi connectivity index (χ3v) is 5.83. The van der Waals surface area contributed by atoms with Gasteiger partial charge in [0, 0.05) is 23.8 Å². The molecule has 5 heteroatoms. The first-order chi connectivity index (χ1) is 11.1. The van der Waals surface area contributed by atoms with Crippen LogP contribution in [0.15, 0.2) is 35.3 Å². The van der Waals surface area contributed by atoms with Gasteiger partial charge in [-0.2, -0.15) is 0 Å². The highest BCUT2D eigenvalue weighted by Crippen LogP contribution is 2.27. The van der Waals surface area contributed by atoms with Crippen LogP contribution in [0.25, 0.3) is 5.57 Å². The highest BCUT2D eigenvalue weighted by Gasteiger charge is 2.24. The van der Waals surface area contributed by atoms with Crippen LogP contribution in [-0.4, -0.2) is 40.7 Å². The Balaban J connectivity index is 1.45. The van der Waals surface area contributed by atoms with Crippen LogP contribution in [0.5, 0.6) is 0 Å². The number of hydrogen-bond acceptors (Lipinski definition) is 3. The second-order valence-electron chi connectivity index (χ2n) is 6.05. The van der Waals surface area contributed by atoms with Crippen molar-refractivity contribution < 1.29 is 4.79 Å². The summed E-state index contributed by atoms with van der Waals surface area (Å²) in [5.41, 5.74) is 3.68. The van der Waals surface area contributed by atoms with E-state index in [2.05, 4.69) is 28.1 Å². The lowest BCUT2D eigenvalue weighted by atomic mass is 9.99. The average Bonchev–Trinajstić information content (AvgIpc) is 2.87. The van der Waals surface area contributed by atoms with Crippen molar-refractivity contribution in [3.63, 3.8) is 0 Å². The molecule has 1 atom stereocenters. The minimum atomic E-state index is -0.0268. The molecule has 3 nitrogen and oxygen atoms in total. The molecule has 0 aliphatic carbocycles. The number of thioether (sulfide) groups is 1. The molecule has 0 spiro atoms. The maximum atomic E-state index is 11.3. The summed E-state index contributed by atoms with van der Waals surface area (Å²) < 4.78 is 0. The third kappa shape index (κ3) is 4.46. The normalized spacial score (nSPS) is 22.2. The Morgan fingerprint density at radius 1 is 1.35 bits per heavy atom. The number of amides is 1. The van der Waals surface area contributed by atoms with Crippen molar-refractivity contribution in [2.24, 2.45) is 4.99 Å². The van der Waals surface area contributed by atoms with Crippen molar-refractivity contribution in [2.75, 3.05) is 19.6 Å². The molecule has 122 valence electrons. The lowest BCUT2D eigenvalue weighted by Crippen LogP contribution is -2.30. The Bertz CT molecular complexity index is 639. The molecular formula is C18H21ClN2OS. The quantitative estimate of drug-likeness (QED) is 0.758. The Morgan fingerprint density at radius 3 is 2.74 bits per heavy atom. The van der Waals surface area contributed by atoms with E-state index < -0.39 is 0 Å². The van der Waals surface area contributed by atoms with Gasteiger partial charge < -0.3 is 0 Å². The molecule has 23 heavy (non-hydrogen) atoms. The zero-order valence-electron chi connectivity index (χ0n) is 13.3. The number of benzene rings is 1. The van der Waals surface area contributed by atoms with Gasteiger partial charge in [-0.25, -0.2) is 4.99 Å². The topological polar surface area (TPSA) is 32.7 Å². The summed E-state index contributed by atoms with van der Waals surface area (Å²) in [7, 11) is 0. The molecule has 2 aliphatic heterocycles. The van der Waals surface area contributed by atoms with E-state index >= 15 is 0 Å². The van der Waals surface area contributed by atoms with Gasteiger partial charge in [0.2, 0.25) is 0 Å². The number of aliphatic imine (C=N–C) groups is 1. The summed E-state index contributed by atoms with van der Waals surface area (Å²) in [6.07, 6.45) is 5.56. The van der Waals surface area contributed by atoms with E-state index in [1.807, 2.05) is 19.1 Å². The summed E-state index contributed by atoms with van der Waals surface area (Å²) in [6.45, 7) is 5.15. The number of rotatable bonds is 5. The predicted molar refractivity (Wildman–Crippen MR) is 99.6 cm³/mol. The molecule has 1 aromatic carbocycles. The Hall–Kier alpha value is -1.10. The standard InChI is InChI=1S/C18H21ClN2OS/c1-13-17(23-18(22)20-13)3-2-10-21-11-8-15(9-12-21)14-4-6-16(19)7-5-14/h4-8,17H,2-3,9-12H2,1H3. The smallest absolute Gasteiger partial charge is 0.299 e. The van der Waals surface area contributed by atoms with E-state index in [1.165, 1.54) is 22.9 Å². The zero-order valence-corrected chi connectivity index (χ0v) is 14.9. The fraction of sp³-hybridized carbons (Fsp3) is 0.444. The monoisotopic (exact) mass is 348 g/mol. The van der Waals surface area contributed by atoms with Gasteiger partial charge in [-0.3, -0.25) is 9.69 Å². The number of halogens is 1. The fourth-order valence-corrected chi connectivity index (χ4v) is 4.13. The van der Waals surface area contributed by atoms with Gasteiger partial charge in [-0.15, -0.1) is 0 Å². The van der Waals surface area contributed by atoms with Gasteiger partial charge in [-0.05, 0) is 56.0 Å². The van der Waals surface area contributed by atoms with Gasteiger partial charge in [0.15, 0.2) is 0 Å². The van der Waals surface area contributed by atoms with Crippen LogP contribution in [0.1, 0.15) is 31.7 Å². The first-order valence-corrected chi connectivity index (χ1v) is 9.31. The molecule has 0 N–H and O–H groups in total. The van der Waals surface area contributed by atoms with Gasteiger partial charge >= 0.3 is 5.24 Å². The molecule has 1 amide bonds. The second-order valence-corrected chi connectivity index (χ2v) is 7.65. The van der Waals surface area contributed by atoms with Crippen molar-refractivity contribution in [2.45, 2.75) is 31.4 Å². The maximum Gasteiger partial charge on any atom is 0.305 e. The summed E-state index contributed by atoms with van der Waals surface area (Å²) in [5, 5.41) is 1.06. The first kappa shape index (κ1) is 16.7. The van der Waals surface area contributed by atoms with Gasteiger partial charge in [-0.1, -0.05) is 41.6 Å². The molecule has 1 aromatic rings. The molecule has 0 saturated carbocycles. The Morgan fingerprint density at radius 2 is 2.13 bits per heavy atom. The van der Waals surface area contributed by atoms with Crippen molar-refractivity contribution in [3.8, 4) is 0 Å². The van der Waals surface area contributed by atoms with E-state index in [9.17, 15) is 4.79 Å². The molecule has 2 aliphatic rings. The zero-order chi connectivity index (χ0) is 16.2. The van der Waals surface area contributed by atoms with Gasteiger partial charge in [0.25, 0.3) is 0 Å². The van der Waals surface area contributed by atoms with Crippen LogP contribution in [0.4, 0.5) is 4.79 Å². The highest BCUT2D eigenvalue weighted by atomic mass is 35.5. The van der Waals surface area contributed by atoms with E-state index in [-0.39, 0.29) is 5.24 Å². The van der Waals surface area contributed by atoms with Crippen LogP contribution >= 0.6 is 23.4 Å². The summed E-state index contributed by atoms with van der Waals surface area (Å²) in [5.74, 6) is 0. The van der Waals surface area contributed by atoms with Crippen LogP contribution in [0.3, 0.4) is 0 Å². The average molecular weight is 349 g/mol. The molecular weight excluding hydrogens is 328 g/mol. The lowest BCUT2D eigenvalue weighted by Gasteiger charge is -2.26. The minimum absolute atomic E-state index is 0.0268. The Kier molecular flexibility index (Phi) is 5.57. The number of hydrogen-bond donors (Lipinski definition) is 0. The molecule has 0 bridgehead atoms. The molecule has 0 aromatic heterocycles. The van der Waals surface area contributed by atoms with Crippen LogP contribution in [-0.2, 0) is 0 Å². The van der Waals surface area contributed by atoms with Crippen molar-refractivity contribution >= 4 is 39.9 Å². The minimum Gasteiger partial charge on any atom is -0.299 e. The fourth-order valence-electron chi connectivity index (χ4n) is 3.06. The molecule has 2 heterocycles. The largest absolute Gasteiger partial charge is 0.305 e. The molecule has 0 radical (unpaired) electrons. The summed E-state index contributed by atoms with van der Waals surface area (Å²) >= 11 is 7.32. The molecule has 1 unspecified atom stereocenters. The first-order valence-electron chi connectivity index (χ1n) is 8.05. The van der Waals surface area contributed by atoms with E-state index in [1.54, 1.807) is 0 Å². The van der Waals surface area contributed by atoms with Crippen molar-refractivity contribution in [1.82, 2.24) is 4.90 Å². The van der Waals surface area contributed by atoms with Crippen LogP contribution in [0.2, 0.25) is 5.02 Å². The van der Waals surface area contributed by atoms with Gasteiger partial charge in [0.05, 0.1) is 5.25 Å². The third-order valence-electron chi connectivity index (χ3n) is 4.43. The van der Waals surface area contributed by atoms with Gasteiger partial charge in [0.1, 0.15) is 0 Å². The van der Waals surface area contributed by atoms with Crippen LogP contribution < -0.4 is 0 Å².